The van der Waals surface area contributed by atoms with E-state index in [-0.39, 0.29) is 11.9 Å². The Balaban J connectivity index is 1.91. The molecule has 88 valence electrons. The van der Waals surface area contributed by atoms with E-state index in [4.69, 9.17) is 10.5 Å². The Morgan fingerprint density at radius 3 is 2.81 bits per heavy atom. The predicted molar refractivity (Wildman–Crippen MR) is 61.8 cm³/mol. The van der Waals surface area contributed by atoms with Gasteiger partial charge in [0.15, 0.2) is 0 Å². The average Bonchev–Trinajstić information content (AvgIpc) is 3.01. The van der Waals surface area contributed by atoms with Crippen LogP contribution < -0.4 is 10.5 Å². The van der Waals surface area contributed by atoms with E-state index in [2.05, 4.69) is 0 Å². The highest BCUT2D eigenvalue weighted by molar-refractivity contribution is 5.30. The molecule has 2 nitrogen and oxygen atoms in total. The molecule has 0 amide bonds. The summed E-state index contributed by atoms with van der Waals surface area (Å²) >= 11 is 0. The van der Waals surface area contributed by atoms with Crippen molar-refractivity contribution in [2.45, 2.75) is 32.2 Å². The van der Waals surface area contributed by atoms with Gasteiger partial charge in [0.1, 0.15) is 11.6 Å². The Bertz CT molecular complexity index is 361. The van der Waals surface area contributed by atoms with Gasteiger partial charge in [0.25, 0.3) is 0 Å². The molecule has 1 atom stereocenters. The molecule has 0 heterocycles. The molecule has 0 saturated heterocycles. The van der Waals surface area contributed by atoms with Crippen LogP contribution in [0.1, 0.15) is 37.8 Å². The van der Waals surface area contributed by atoms with E-state index in [1.165, 1.54) is 18.9 Å². The lowest BCUT2D eigenvalue weighted by Crippen LogP contribution is -2.07. The van der Waals surface area contributed by atoms with Crippen molar-refractivity contribution >= 4 is 0 Å². The zero-order chi connectivity index (χ0) is 11.5. The van der Waals surface area contributed by atoms with Crippen LogP contribution in [0.15, 0.2) is 18.2 Å². The fraction of sp³-hybridized carbons (Fsp3) is 0.538. The van der Waals surface area contributed by atoms with Gasteiger partial charge in [-0.3, -0.25) is 0 Å². The third-order valence-corrected chi connectivity index (χ3v) is 2.95. The second-order valence-corrected chi connectivity index (χ2v) is 4.55. The highest BCUT2D eigenvalue weighted by Gasteiger charge is 2.20. The molecule has 0 aliphatic heterocycles. The van der Waals surface area contributed by atoms with Crippen molar-refractivity contribution in [1.29, 1.82) is 0 Å². The Morgan fingerprint density at radius 2 is 2.25 bits per heavy atom. The third-order valence-electron chi connectivity index (χ3n) is 2.95. The van der Waals surface area contributed by atoms with Crippen LogP contribution in [0.5, 0.6) is 5.75 Å². The lowest BCUT2D eigenvalue weighted by Gasteiger charge is -2.10. The maximum absolute atomic E-state index is 13.5. The van der Waals surface area contributed by atoms with Crippen LogP contribution in [0, 0.1) is 11.7 Å². The number of hydrogen-bond donors (Lipinski definition) is 1. The Morgan fingerprint density at radius 1 is 1.50 bits per heavy atom. The molecule has 1 aliphatic carbocycles. The number of rotatable bonds is 5. The molecular weight excluding hydrogens is 205 g/mol. The van der Waals surface area contributed by atoms with Crippen LogP contribution in [0.2, 0.25) is 0 Å². The van der Waals surface area contributed by atoms with Crippen molar-refractivity contribution in [2.24, 2.45) is 11.7 Å². The van der Waals surface area contributed by atoms with Crippen LogP contribution >= 0.6 is 0 Å². The molecular formula is C13H18FNO. The summed E-state index contributed by atoms with van der Waals surface area (Å²) < 4.78 is 19.0. The molecule has 1 aromatic carbocycles. The maximum atomic E-state index is 13.5. The Labute approximate surface area is 95.6 Å². The number of benzene rings is 1. The minimum Gasteiger partial charge on any atom is -0.493 e. The summed E-state index contributed by atoms with van der Waals surface area (Å²) in [7, 11) is 0. The first-order valence-corrected chi connectivity index (χ1v) is 5.84. The summed E-state index contributed by atoms with van der Waals surface area (Å²) in [6.45, 7) is 2.45. The van der Waals surface area contributed by atoms with Gasteiger partial charge in [-0.15, -0.1) is 0 Å². The third kappa shape index (κ3) is 2.95. The molecule has 1 fully saturated rings. The van der Waals surface area contributed by atoms with E-state index in [0.717, 1.165) is 12.3 Å². The second kappa shape index (κ2) is 4.83. The molecule has 0 aromatic heterocycles. The van der Waals surface area contributed by atoms with Gasteiger partial charge in [-0.25, -0.2) is 4.39 Å². The number of halogens is 1. The molecule has 0 radical (unpaired) electrons. The highest BCUT2D eigenvalue weighted by Crippen LogP contribution is 2.32. The summed E-state index contributed by atoms with van der Waals surface area (Å²) in [5.41, 5.74) is 6.17. The maximum Gasteiger partial charge on any atom is 0.131 e. The number of hydrogen-bond acceptors (Lipinski definition) is 2. The molecule has 2 rings (SSSR count). The molecule has 0 spiro atoms. The number of ether oxygens (including phenoxy) is 1. The van der Waals surface area contributed by atoms with Gasteiger partial charge in [-0.05, 0) is 25.3 Å². The van der Waals surface area contributed by atoms with Gasteiger partial charge in [0.2, 0.25) is 0 Å². The largest absolute Gasteiger partial charge is 0.493 e. The fourth-order valence-corrected chi connectivity index (χ4v) is 1.72. The molecule has 16 heavy (non-hydrogen) atoms. The zero-order valence-electron chi connectivity index (χ0n) is 9.58. The predicted octanol–water partition coefficient (Wildman–Crippen LogP) is 3.02. The van der Waals surface area contributed by atoms with Crippen molar-refractivity contribution in [3.8, 4) is 5.75 Å². The summed E-state index contributed by atoms with van der Waals surface area (Å²) in [6, 6.07) is 4.63. The SMILES string of the molecule is C[C@@H](N)c1ccc(OCCC2CC2)cc1F. The molecule has 0 bridgehead atoms. The Hall–Kier alpha value is -1.09. The first kappa shape index (κ1) is 11.4. The quantitative estimate of drug-likeness (QED) is 0.832. The first-order chi connectivity index (χ1) is 7.66. The van der Waals surface area contributed by atoms with Gasteiger partial charge in [-0.2, -0.15) is 0 Å². The molecule has 0 unspecified atom stereocenters. The van der Waals surface area contributed by atoms with E-state index in [1.54, 1.807) is 19.1 Å². The molecule has 2 N–H and O–H groups in total. The zero-order valence-corrected chi connectivity index (χ0v) is 9.58. The van der Waals surface area contributed by atoms with Crippen LogP contribution in [-0.4, -0.2) is 6.61 Å². The summed E-state index contributed by atoms with van der Waals surface area (Å²) in [5.74, 6) is 1.16. The van der Waals surface area contributed by atoms with Gasteiger partial charge < -0.3 is 10.5 Å². The van der Waals surface area contributed by atoms with Crippen LogP contribution in [0.3, 0.4) is 0 Å². The molecule has 1 aliphatic rings. The smallest absolute Gasteiger partial charge is 0.131 e. The Kier molecular flexibility index (Phi) is 3.44. The van der Waals surface area contributed by atoms with Crippen molar-refractivity contribution in [3.63, 3.8) is 0 Å². The normalized spacial score (nSPS) is 17.2. The first-order valence-electron chi connectivity index (χ1n) is 5.84. The summed E-state index contributed by atoms with van der Waals surface area (Å²) in [4.78, 5) is 0. The van der Waals surface area contributed by atoms with Crippen LogP contribution in [-0.2, 0) is 0 Å². The minimum atomic E-state index is -0.279. The van der Waals surface area contributed by atoms with E-state index in [1.807, 2.05) is 0 Å². The lowest BCUT2D eigenvalue weighted by atomic mass is 10.1. The summed E-state index contributed by atoms with van der Waals surface area (Å²) in [6.07, 6.45) is 3.72. The van der Waals surface area contributed by atoms with Crippen LogP contribution in [0.25, 0.3) is 0 Å². The standard InChI is InChI=1S/C13H18FNO/c1-9(15)12-5-4-11(8-13(12)14)16-7-6-10-2-3-10/h4-5,8-10H,2-3,6-7,15H2,1H3/t9-/m1/s1. The van der Waals surface area contributed by atoms with Crippen LogP contribution in [0.4, 0.5) is 4.39 Å². The van der Waals surface area contributed by atoms with Crippen molar-refractivity contribution < 1.29 is 9.13 Å². The molecule has 1 aromatic rings. The fourth-order valence-electron chi connectivity index (χ4n) is 1.72. The van der Waals surface area contributed by atoms with E-state index >= 15 is 0 Å². The van der Waals surface area contributed by atoms with Crippen molar-refractivity contribution in [1.82, 2.24) is 0 Å². The topological polar surface area (TPSA) is 35.2 Å². The van der Waals surface area contributed by atoms with Gasteiger partial charge in [-0.1, -0.05) is 18.9 Å². The van der Waals surface area contributed by atoms with Gasteiger partial charge >= 0.3 is 0 Å². The van der Waals surface area contributed by atoms with Gasteiger partial charge in [0.05, 0.1) is 6.61 Å². The van der Waals surface area contributed by atoms with Crippen molar-refractivity contribution in [2.75, 3.05) is 6.61 Å². The monoisotopic (exact) mass is 223 g/mol. The average molecular weight is 223 g/mol. The van der Waals surface area contributed by atoms with Gasteiger partial charge in [0, 0.05) is 17.7 Å². The van der Waals surface area contributed by atoms with E-state index in [0.29, 0.717) is 17.9 Å². The molecule has 1 saturated carbocycles. The number of nitrogens with two attached hydrogens (primary N) is 1. The molecule has 3 heteroatoms. The second-order valence-electron chi connectivity index (χ2n) is 4.55. The van der Waals surface area contributed by atoms with Crippen molar-refractivity contribution in [3.05, 3.63) is 29.6 Å². The minimum absolute atomic E-state index is 0.277. The lowest BCUT2D eigenvalue weighted by molar-refractivity contribution is 0.301. The van der Waals surface area contributed by atoms with E-state index in [9.17, 15) is 4.39 Å². The summed E-state index contributed by atoms with van der Waals surface area (Å²) in [5, 5.41) is 0. The highest BCUT2D eigenvalue weighted by atomic mass is 19.1. The van der Waals surface area contributed by atoms with E-state index < -0.39 is 0 Å².